The first-order chi connectivity index (χ1) is 14.3. The van der Waals surface area contributed by atoms with Crippen LogP contribution in [0.4, 0.5) is 13.2 Å². The fraction of sp³-hybridized carbons (Fsp3) is 0.435. The Morgan fingerprint density at radius 2 is 1.80 bits per heavy atom. The number of ether oxygens (including phenoxy) is 1. The molecule has 0 radical (unpaired) electrons. The van der Waals surface area contributed by atoms with E-state index in [4.69, 9.17) is 0 Å². The Bertz CT molecular complexity index is 826. The van der Waals surface area contributed by atoms with Crippen molar-refractivity contribution < 1.29 is 27.8 Å². The lowest BCUT2D eigenvalue weighted by Gasteiger charge is -2.24. The van der Waals surface area contributed by atoms with Gasteiger partial charge in [0.1, 0.15) is 5.75 Å². The van der Waals surface area contributed by atoms with Crippen molar-refractivity contribution in [3.05, 3.63) is 65.7 Å². The van der Waals surface area contributed by atoms with E-state index in [-0.39, 0.29) is 36.3 Å². The highest BCUT2D eigenvalue weighted by Crippen LogP contribution is 2.36. The summed E-state index contributed by atoms with van der Waals surface area (Å²) in [4.78, 5) is 12.7. The Morgan fingerprint density at radius 1 is 1.10 bits per heavy atom. The van der Waals surface area contributed by atoms with Crippen LogP contribution in [-0.2, 0) is 17.8 Å². The van der Waals surface area contributed by atoms with Crippen LogP contribution in [0.5, 0.6) is 5.75 Å². The highest BCUT2D eigenvalue weighted by molar-refractivity contribution is 5.79. The van der Waals surface area contributed by atoms with E-state index >= 15 is 0 Å². The van der Waals surface area contributed by atoms with Crippen molar-refractivity contribution >= 4 is 5.91 Å². The second-order valence-electron chi connectivity index (χ2n) is 7.67. The number of benzene rings is 2. The summed E-state index contributed by atoms with van der Waals surface area (Å²) in [7, 11) is 0. The molecule has 2 N–H and O–H groups in total. The normalized spacial score (nSPS) is 20.0. The number of hydrogen-bond donors (Lipinski definition) is 2. The number of rotatable bonds is 8. The van der Waals surface area contributed by atoms with Gasteiger partial charge in [0.2, 0.25) is 5.91 Å². The molecule has 162 valence electrons. The molecule has 1 amide bonds. The number of hydrogen-bond acceptors (Lipinski definition) is 3. The van der Waals surface area contributed by atoms with Crippen molar-refractivity contribution in [2.24, 2.45) is 11.8 Å². The molecule has 2 aromatic carbocycles. The third-order valence-electron chi connectivity index (χ3n) is 5.62. The monoisotopic (exact) mass is 421 g/mol. The summed E-state index contributed by atoms with van der Waals surface area (Å²) in [5.41, 5.74) is 1.39. The van der Waals surface area contributed by atoms with E-state index in [2.05, 4.69) is 10.1 Å². The molecule has 0 spiro atoms. The van der Waals surface area contributed by atoms with Gasteiger partial charge in [-0.15, -0.1) is 13.2 Å². The molecule has 3 atom stereocenters. The second-order valence-corrected chi connectivity index (χ2v) is 7.67. The minimum absolute atomic E-state index is 0.0822. The number of aliphatic hydroxyl groups is 1. The SMILES string of the molecule is O=C(NCc1ccccc1)[C@@H]1CCC[C@H]1C(O)CCc1ccccc1OC(F)(F)F. The Labute approximate surface area is 174 Å². The first-order valence-electron chi connectivity index (χ1n) is 10.2. The number of aryl methyl sites for hydroxylation is 1. The van der Waals surface area contributed by atoms with Crippen molar-refractivity contribution in [3.8, 4) is 5.75 Å². The van der Waals surface area contributed by atoms with E-state index in [0.717, 1.165) is 18.4 Å². The van der Waals surface area contributed by atoms with Crippen molar-refractivity contribution in [1.82, 2.24) is 5.32 Å². The van der Waals surface area contributed by atoms with Gasteiger partial charge in [-0.3, -0.25) is 4.79 Å². The molecule has 0 heterocycles. The maximum absolute atomic E-state index is 12.7. The molecule has 0 aromatic heterocycles. The zero-order valence-electron chi connectivity index (χ0n) is 16.6. The standard InChI is InChI=1S/C23H26F3NO3/c24-23(25,26)30-21-12-5-4-9-17(21)13-14-20(28)18-10-6-11-19(18)22(29)27-15-16-7-2-1-3-8-16/h1-5,7-9,12,18-20,28H,6,10-11,13-15H2,(H,27,29)/t18-,19-,20?/m1/s1. The summed E-state index contributed by atoms with van der Waals surface area (Å²) in [5, 5.41) is 13.6. The summed E-state index contributed by atoms with van der Waals surface area (Å²) in [6.07, 6.45) is -2.74. The van der Waals surface area contributed by atoms with Crippen LogP contribution in [0.2, 0.25) is 0 Å². The first-order valence-corrected chi connectivity index (χ1v) is 10.2. The number of nitrogens with one attached hydrogen (secondary N) is 1. The molecule has 0 bridgehead atoms. The molecule has 0 aliphatic heterocycles. The second kappa shape index (κ2) is 9.98. The number of halogens is 3. The van der Waals surface area contributed by atoms with Gasteiger partial charge in [0.15, 0.2) is 0 Å². The predicted octanol–water partition coefficient (Wildman–Crippen LogP) is 4.61. The summed E-state index contributed by atoms with van der Waals surface area (Å²) < 4.78 is 41.8. The summed E-state index contributed by atoms with van der Waals surface area (Å²) >= 11 is 0. The van der Waals surface area contributed by atoms with Crippen LogP contribution in [0, 0.1) is 11.8 Å². The lowest BCUT2D eigenvalue weighted by molar-refractivity contribution is -0.274. The molecule has 7 heteroatoms. The topological polar surface area (TPSA) is 58.6 Å². The molecule has 3 rings (SSSR count). The first kappa shape index (κ1) is 22.2. The summed E-state index contributed by atoms with van der Waals surface area (Å²) in [6, 6.07) is 15.5. The third kappa shape index (κ3) is 6.23. The number of alkyl halides is 3. The molecule has 30 heavy (non-hydrogen) atoms. The van der Waals surface area contributed by atoms with Crippen LogP contribution in [0.15, 0.2) is 54.6 Å². The van der Waals surface area contributed by atoms with Crippen molar-refractivity contribution in [1.29, 1.82) is 0 Å². The number of para-hydroxylation sites is 1. The van der Waals surface area contributed by atoms with E-state index in [0.29, 0.717) is 18.5 Å². The van der Waals surface area contributed by atoms with E-state index in [1.54, 1.807) is 12.1 Å². The van der Waals surface area contributed by atoms with Crippen molar-refractivity contribution in [2.45, 2.75) is 51.1 Å². The Balaban J connectivity index is 1.56. The van der Waals surface area contributed by atoms with Gasteiger partial charge < -0.3 is 15.2 Å². The van der Waals surface area contributed by atoms with Crippen LogP contribution in [0.3, 0.4) is 0 Å². The Kier molecular flexibility index (Phi) is 7.37. The van der Waals surface area contributed by atoms with Crippen LogP contribution < -0.4 is 10.1 Å². The van der Waals surface area contributed by atoms with Gasteiger partial charge in [0, 0.05) is 12.5 Å². The molecule has 1 aliphatic rings. The highest BCUT2D eigenvalue weighted by atomic mass is 19.4. The minimum atomic E-state index is -4.76. The van der Waals surface area contributed by atoms with E-state index in [1.807, 2.05) is 30.3 Å². The van der Waals surface area contributed by atoms with Crippen LogP contribution in [-0.4, -0.2) is 23.5 Å². The molecular weight excluding hydrogens is 395 g/mol. The van der Waals surface area contributed by atoms with Gasteiger partial charge in [-0.25, -0.2) is 0 Å². The lowest BCUT2D eigenvalue weighted by Crippen LogP contribution is -2.36. The largest absolute Gasteiger partial charge is 0.573 e. The molecule has 1 fully saturated rings. The molecule has 1 saturated carbocycles. The fourth-order valence-electron chi connectivity index (χ4n) is 4.14. The summed E-state index contributed by atoms with van der Waals surface area (Å²) in [6.45, 7) is 0.432. The van der Waals surface area contributed by atoms with E-state index in [9.17, 15) is 23.1 Å². The Morgan fingerprint density at radius 3 is 2.53 bits per heavy atom. The number of aliphatic hydroxyl groups excluding tert-OH is 1. The molecule has 4 nitrogen and oxygen atoms in total. The molecule has 1 unspecified atom stereocenters. The average Bonchev–Trinajstić information content (AvgIpc) is 3.21. The third-order valence-corrected chi connectivity index (χ3v) is 5.62. The van der Waals surface area contributed by atoms with Gasteiger partial charge in [0.05, 0.1) is 6.10 Å². The van der Waals surface area contributed by atoms with Gasteiger partial charge in [-0.05, 0) is 48.8 Å². The molecule has 0 saturated heterocycles. The van der Waals surface area contributed by atoms with E-state index in [1.165, 1.54) is 12.1 Å². The van der Waals surface area contributed by atoms with Crippen molar-refractivity contribution in [2.75, 3.05) is 0 Å². The lowest BCUT2D eigenvalue weighted by atomic mass is 9.87. The van der Waals surface area contributed by atoms with Gasteiger partial charge in [-0.2, -0.15) is 0 Å². The quantitative estimate of drug-likeness (QED) is 0.654. The summed E-state index contributed by atoms with van der Waals surface area (Å²) in [5.74, 6) is -0.816. The maximum atomic E-state index is 12.7. The van der Waals surface area contributed by atoms with Gasteiger partial charge in [-0.1, -0.05) is 55.0 Å². The predicted molar refractivity (Wildman–Crippen MR) is 107 cm³/mol. The highest BCUT2D eigenvalue weighted by Gasteiger charge is 2.37. The zero-order chi connectivity index (χ0) is 21.6. The van der Waals surface area contributed by atoms with Crippen LogP contribution in [0.25, 0.3) is 0 Å². The minimum Gasteiger partial charge on any atom is -0.406 e. The molecule has 1 aliphatic carbocycles. The number of amides is 1. The van der Waals surface area contributed by atoms with Gasteiger partial charge in [0.25, 0.3) is 0 Å². The van der Waals surface area contributed by atoms with E-state index < -0.39 is 12.5 Å². The van der Waals surface area contributed by atoms with Crippen LogP contribution in [0.1, 0.15) is 36.8 Å². The molecule has 2 aromatic rings. The van der Waals surface area contributed by atoms with Crippen LogP contribution >= 0.6 is 0 Å². The zero-order valence-corrected chi connectivity index (χ0v) is 16.6. The number of carbonyl (C=O) groups is 1. The number of carbonyl (C=O) groups excluding carboxylic acids is 1. The fourth-order valence-corrected chi connectivity index (χ4v) is 4.14. The van der Waals surface area contributed by atoms with Gasteiger partial charge >= 0.3 is 6.36 Å². The average molecular weight is 421 g/mol. The Hall–Kier alpha value is -2.54. The van der Waals surface area contributed by atoms with Crippen molar-refractivity contribution in [3.63, 3.8) is 0 Å². The maximum Gasteiger partial charge on any atom is 0.573 e. The smallest absolute Gasteiger partial charge is 0.406 e. The molecular formula is C23H26F3NO3.